The van der Waals surface area contributed by atoms with Crippen LogP contribution in [0.4, 0.5) is 13.2 Å². The fraction of sp³-hybridized carbons (Fsp3) is 0.714. The van der Waals surface area contributed by atoms with Crippen LogP contribution in [-0.4, -0.2) is 136 Å². The maximum atomic E-state index is 13.3. The number of Topliss-reactive ketones (excluding diaryl/α,β-unsaturated/α-hetero) is 2. The molecule has 0 unspecified atom stereocenters. The van der Waals surface area contributed by atoms with Crippen molar-refractivity contribution in [3.05, 3.63) is 117 Å². The predicted molar refractivity (Wildman–Crippen MR) is 381 cm³/mol. The summed E-state index contributed by atoms with van der Waals surface area (Å²) in [5, 5.41) is 23.5. The summed E-state index contributed by atoms with van der Waals surface area (Å²) in [5.41, 5.74) is 17.3. The van der Waals surface area contributed by atoms with Crippen molar-refractivity contribution in [2.24, 2.45) is 81.7 Å². The number of carbonyl (C=O) groups is 4. The highest BCUT2D eigenvalue weighted by Gasteiger charge is 2.64. The number of nitrogens with two attached hydrogens (primary N) is 1. The molecule has 4 aliphatic heterocycles. The van der Waals surface area contributed by atoms with Crippen molar-refractivity contribution in [1.82, 2.24) is 15.1 Å². The van der Waals surface area contributed by atoms with E-state index in [1.165, 1.54) is 62.6 Å². The number of carbonyl (C=O) groups excluding carboxylic acids is 4. The molecule has 4 saturated carbocycles. The number of amides is 1. The van der Waals surface area contributed by atoms with Crippen LogP contribution in [-0.2, 0) is 30.3 Å². The topological polar surface area (TPSA) is 172 Å². The molecule has 542 valence electrons. The molecule has 4 saturated heterocycles. The second-order valence-corrected chi connectivity index (χ2v) is 34.4. The third-order valence-corrected chi connectivity index (χ3v) is 28.8. The Morgan fingerprint density at radius 1 is 0.646 bits per heavy atom. The summed E-state index contributed by atoms with van der Waals surface area (Å²) in [6.07, 6.45) is 20.5. The monoisotopic (exact) mass is 1370 g/mol. The molecule has 0 bridgehead atoms. The molecule has 0 aromatic heterocycles. The lowest BCUT2D eigenvalue weighted by Gasteiger charge is -2.49. The molecule has 21 atom stereocenters. The number of unbranched alkanes of at least 4 members (excludes halogenated alkanes) is 2. The first-order valence-corrected chi connectivity index (χ1v) is 39.0. The first kappa shape index (κ1) is 72.7. The first-order chi connectivity index (χ1) is 47.3. The van der Waals surface area contributed by atoms with Crippen molar-refractivity contribution >= 4 is 23.3 Å². The maximum absolute atomic E-state index is 13.3. The minimum atomic E-state index is -5.05. The summed E-state index contributed by atoms with van der Waals surface area (Å²) in [4.78, 5) is 56.4. The summed E-state index contributed by atoms with van der Waals surface area (Å²) in [6.45, 7) is 24.5. The van der Waals surface area contributed by atoms with E-state index < -0.39 is 30.2 Å². The number of aliphatic hydroxyl groups is 2. The van der Waals surface area contributed by atoms with Gasteiger partial charge in [-0.3, -0.25) is 29.0 Å². The Labute approximate surface area is 588 Å². The highest BCUT2D eigenvalue weighted by molar-refractivity contribution is 6.09. The van der Waals surface area contributed by atoms with E-state index in [9.17, 15) is 42.6 Å². The third-order valence-electron chi connectivity index (χ3n) is 28.8. The van der Waals surface area contributed by atoms with Crippen LogP contribution in [0.15, 0.2) is 100 Å². The van der Waals surface area contributed by atoms with Gasteiger partial charge in [0.05, 0.1) is 35.6 Å². The number of hydrogen-bond acceptors (Lipinski definition) is 11. The molecule has 8 aliphatic carbocycles. The third kappa shape index (κ3) is 13.8. The molecule has 4 heterocycles. The quantitative estimate of drug-likeness (QED) is 0.0599. The summed E-state index contributed by atoms with van der Waals surface area (Å²) in [7, 11) is 0. The summed E-state index contributed by atoms with van der Waals surface area (Å²) in [5.74, 6) is 2.58. The van der Waals surface area contributed by atoms with Gasteiger partial charge < -0.3 is 30.7 Å². The highest BCUT2D eigenvalue weighted by atomic mass is 19.4. The molecule has 12 nitrogen and oxygen atoms in total. The van der Waals surface area contributed by atoms with E-state index in [-0.39, 0.29) is 59.5 Å². The van der Waals surface area contributed by atoms with E-state index in [2.05, 4.69) is 82.7 Å². The van der Waals surface area contributed by atoms with E-state index in [1.54, 1.807) is 76.9 Å². The van der Waals surface area contributed by atoms with Crippen LogP contribution in [0.3, 0.4) is 0 Å². The zero-order valence-corrected chi connectivity index (χ0v) is 60.8. The molecule has 8 fully saturated rings. The highest BCUT2D eigenvalue weighted by Crippen LogP contribution is 2.68. The number of aliphatic hydroxyl groups excluding tert-OH is 2. The molecular weight excluding hydrogens is 1250 g/mol. The van der Waals surface area contributed by atoms with Gasteiger partial charge in [0.15, 0.2) is 5.78 Å². The number of piperidine rings is 2. The van der Waals surface area contributed by atoms with Crippen LogP contribution in [0.2, 0.25) is 0 Å². The zero-order valence-electron chi connectivity index (χ0n) is 60.8. The van der Waals surface area contributed by atoms with Crippen LogP contribution in [0.25, 0.3) is 0 Å². The summed E-state index contributed by atoms with van der Waals surface area (Å²) < 4.78 is 54.4. The molecule has 0 radical (unpaired) electrons. The van der Waals surface area contributed by atoms with Gasteiger partial charge in [-0.2, -0.15) is 13.2 Å². The van der Waals surface area contributed by atoms with Gasteiger partial charge in [-0.1, -0.05) is 137 Å². The minimum absolute atomic E-state index is 0.0640. The number of allylic oxidation sites excluding steroid dienone is 4. The van der Waals surface area contributed by atoms with Crippen molar-refractivity contribution < 1.29 is 52.0 Å². The number of hydrogen-bond donors (Lipinski definition) is 4. The number of likely N-dealkylation sites (tertiary alicyclic amines) is 2. The smallest absolute Gasteiger partial charge is 0.393 e. The molecular formula is C84H117F3N4O8. The maximum Gasteiger partial charge on any atom is 0.449 e. The van der Waals surface area contributed by atoms with Gasteiger partial charge in [0, 0.05) is 93.0 Å². The van der Waals surface area contributed by atoms with Gasteiger partial charge >= 0.3 is 6.18 Å². The lowest BCUT2D eigenvalue weighted by atomic mass is 9.56. The van der Waals surface area contributed by atoms with Crippen molar-refractivity contribution in [2.45, 2.75) is 263 Å². The van der Waals surface area contributed by atoms with Gasteiger partial charge in [-0.15, -0.1) is 0 Å². The number of ether oxygens (including phenoxy) is 2. The van der Waals surface area contributed by atoms with Crippen molar-refractivity contribution in [3.63, 3.8) is 0 Å². The van der Waals surface area contributed by atoms with Gasteiger partial charge in [0.2, 0.25) is 11.7 Å². The molecule has 2 aromatic rings. The molecule has 99 heavy (non-hydrogen) atoms. The molecule has 12 aliphatic rings. The number of alkyl halides is 3. The number of nitrogens with zero attached hydrogens (tertiary/aromatic N) is 2. The Bertz CT molecular complexity index is 3440. The Morgan fingerprint density at radius 2 is 1.15 bits per heavy atom. The lowest BCUT2D eigenvalue weighted by Crippen LogP contribution is -2.53. The summed E-state index contributed by atoms with van der Waals surface area (Å²) in [6, 6.07) is 15.9. The van der Waals surface area contributed by atoms with Crippen LogP contribution in [0.5, 0.6) is 0 Å². The lowest BCUT2D eigenvalue weighted by molar-refractivity contribution is -0.172. The largest absolute Gasteiger partial charge is 0.449 e. The molecule has 14 rings (SSSR count). The average Bonchev–Trinajstić information content (AvgIpc) is 1.56. The molecule has 1 amide bonds. The fourth-order valence-corrected chi connectivity index (χ4v) is 23.6. The van der Waals surface area contributed by atoms with E-state index in [4.69, 9.17) is 15.2 Å². The van der Waals surface area contributed by atoms with E-state index >= 15 is 0 Å². The van der Waals surface area contributed by atoms with Gasteiger partial charge in [-0.05, 0) is 224 Å². The molecule has 2 aromatic carbocycles. The molecule has 15 heteroatoms. The van der Waals surface area contributed by atoms with Crippen molar-refractivity contribution in [1.29, 1.82) is 0 Å². The van der Waals surface area contributed by atoms with Gasteiger partial charge in [0.25, 0.3) is 0 Å². The van der Waals surface area contributed by atoms with Gasteiger partial charge in [-0.25, -0.2) is 0 Å². The number of halogens is 3. The fourth-order valence-electron chi connectivity index (χ4n) is 23.6. The van der Waals surface area contributed by atoms with Crippen molar-refractivity contribution in [3.8, 4) is 0 Å². The molecule has 5 N–H and O–H groups in total. The number of benzene rings is 2. The van der Waals surface area contributed by atoms with Crippen LogP contribution < -0.4 is 11.1 Å². The Morgan fingerprint density at radius 3 is 1.67 bits per heavy atom. The Balaban J connectivity index is 0.000000221. The van der Waals surface area contributed by atoms with Gasteiger partial charge in [0.1, 0.15) is 5.78 Å². The standard InChI is InChI=1S/C55H71F3N2O6.C29H46N2O2/c1-34-28-48-50(36(3)54(66-48)25-23-44-45-21-20-41-31-43(62)22-24-53(41,4)47(45)32-46(44)35(54)2)60(33-34)27-11-15-42(61)14-9-6-10-26-59-52(65)40(30-49(63)55(56,57)58)29-37-16-18-39(19-17-37)51(64)38-12-7-5-8-13-38;1-17-13-26-27(31(16-17)12-11-30)19(3)29(33-26)10-8-22-23-6-5-20-14-21(32)7-9-28(20,4)25(23)15-24(22)18(29)2/h5,7-8,12-13,16-20,34,36,40,43-45,47-48,50,62H,6,9-11,14-15,21-33H2,1-4H3,(H,59,65);5,17,19,21-23,25-27,32H,6-16,30H2,1-4H3/t34-,36+,40+,43-,44-,45-,47-,48+,50-,53-,54-;17-,19+,21-,22-,23-,25-,26+,27-,28-,29-/m00/s1. The van der Waals surface area contributed by atoms with E-state index in [0.29, 0.717) is 114 Å². The second-order valence-electron chi connectivity index (χ2n) is 34.4. The van der Waals surface area contributed by atoms with Crippen LogP contribution in [0.1, 0.15) is 225 Å². The SMILES string of the molecule is CC1=C2C[C@H]3[C@@H](CC=C4C[C@@H](O)CC[C@@]43C)[C@@H]2CC[C@]12O[C@@H]1C[C@H](C)CN(CCCC(=O)CCCCCNC(=O)[C@@H](CC(=O)C(F)(F)F)Cc3ccc(C(=O)c4ccccc4)cc3)[C@H]1[C@H]2C.CC1=C2C[C@H]3[C@@H](CC=C4C[C@@H](O)CC[C@@]43C)[C@@H]2CC[C@]12O[C@@H]1C[C@H](C)CN(CCN)[C@H]1[C@H]2C. The van der Waals surface area contributed by atoms with Crippen molar-refractivity contribution in [2.75, 3.05) is 39.3 Å². The number of rotatable bonds is 19. The van der Waals surface area contributed by atoms with E-state index in [0.717, 1.165) is 108 Å². The molecule has 2 spiro atoms. The van der Waals surface area contributed by atoms with Crippen LogP contribution >= 0.6 is 0 Å². The minimum Gasteiger partial charge on any atom is -0.393 e. The predicted octanol–water partition coefficient (Wildman–Crippen LogP) is 15.0. The number of fused-ring (bicyclic) bond motifs is 12. The van der Waals surface area contributed by atoms with E-state index in [1.807, 2.05) is 0 Å². The Kier molecular flexibility index (Phi) is 21.4. The number of nitrogens with one attached hydrogen (secondary N) is 1. The van der Waals surface area contributed by atoms with Crippen LogP contribution in [0, 0.1) is 75.9 Å². The Hall–Kier alpha value is -4.61. The zero-order chi connectivity index (χ0) is 70.1. The first-order valence-electron chi connectivity index (χ1n) is 39.0. The normalized spacial score (nSPS) is 38.7. The average molecular weight is 1370 g/mol. The number of ketones is 3. The summed E-state index contributed by atoms with van der Waals surface area (Å²) >= 11 is 0. The second kappa shape index (κ2) is 29.1.